The molecular formula is C19H18N2O2S. The summed E-state index contributed by atoms with van der Waals surface area (Å²) in [6, 6.07) is 14.5. The minimum absolute atomic E-state index is 0.0692. The average molecular weight is 338 g/mol. The van der Waals surface area contributed by atoms with Gasteiger partial charge in [-0.25, -0.2) is 4.98 Å². The van der Waals surface area contributed by atoms with Gasteiger partial charge in [-0.15, -0.1) is 11.3 Å². The van der Waals surface area contributed by atoms with E-state index in [1.54, 1.807) is 0 Å². The molecule has 0 atom stereocenters. The van der Waals surface area contributed by atoms with Crippen LogP contribution in [-0.2, 0) is 4.74 Å². The largest absolute Gasteiger partial charge is 0.378 e. The van der Waals surface area contributed by atoms with E-state index in [9.17, 15) is 4.79 Å². The predicted octanol–water partition coefficient (Wildman–Crippen LogP) is 3.74. The Morgan fingerprint density at radius 3 is 2.71 bits per heavy atom. The molecule has 3 aromatic rings. The molecule has 122 valence electrons. The van der Waals surface area contributed by atoms with Crippen LogP contribution in [0.2, 0.25) is 0 Å². The zero-order valence-electron chi connectivity index (χ0n) is 13.5. The van der Waals surface area contributed by atoms with Gasteiger partial charge in [-0.3, -0.25) is 4.79 Å². The van der Waals surface area contributed by atoms with Gasteiger partial charge in [0.2, 0.25) is 0 Å². The van der Waals surface area contributed by atoms with Crippen molar-refractivity contribution in [3.8, 4) is 10.6 Å². The van der Waals surface area contributed by atoms with Gasteiger partial charge in [0.05, 0.1) is 18.9 Å². The quantitative estimate of drug-likeness (QED) is 0.715. The van der Waals surface area contributed by atoms with Crippen LogP contribution in [0.3, 0.4) is 0 Å². The molecule has 24 heavy (non-hydrogen) atoms. The second-order valence-electron chi connectivity index (χ2n) is 5.86. The van der Waals surface area contributed by atoms with Crippen LogP contribution in [-0.4, -0.2) is 42.1 Å². The first-order chi connectivity index (χ1) is 11.7. The fourth-order valence-corrected chi connectivity index (χ4v) is 4.11. The normalized spacial score (nSPS) is 15.0. The molecule has 0 spiro atoms. The first kappa shape index (κ1) is 15.3. The van der Waals surface area contributed by atoms with Crippen LogP contribution in [0.15, 0.2) is 42.5 Å². The summed E-state index contributed by atoms with van der Waals surface area (Å²) in [5.74, 6) is 0.0692. The molecule has 0 aliphatic carbocycles. The number of thiazole rings is 1. The standard InChI is InChI=1S/C19H18N2O2S/c1-13-17(19(22)21-9-11-23-12-10-21)24-18(20-13)16-8-4-6-14-5-2-3-7-15(14)16/h2-8H,9-12H2,1H3. The molecule has 1 aliphatic rings. The van der Waals surface area contributed by atoms with Crippen molar-refractivity contribution >= 4 is 28.0 Å². The van der Waals surface area contributed by atoms with Crippen LogP contribution in [0.4, 0.5) is 0 Å². The van der Waals surface area contributed by atoms with Crippen LogP contribution >= 0.6 is 11.3 Å². The monoisotopic (exact) mass is 338 g/mol. The molecule has 0 saturated carbocycles. The second kappa shape index (κ2) is 6.34. The fraction of sp³-hybridized carbons (Fsp3) is 0.263. The van der Waals surface area contributed by atoms with Crippen molar-refractivity contribution in [2.24, 2.45) is 0 Å². The highest BCUT2D eigenvalue weighted by atomic mass is 32.1. The van der Waals surface area contributed by atoms with E-state index in [-0.39, 0.29) is 5.91 Å². The van der Waals surface area contributed by atoms with Crippen molar-refractivity contribution in [2.75, 3.05) is 26.3 Å². The first-order valence-electron chi connectivity index (χ1n) is 8.06. The molecule has 0 bridgehead atoms. The maximum absolute atomic E-state index is 12.8. The average Bonchev–Trinajstić information content (AvgIpc) is 3.03. The highest BCUT2D eigenvalue weighted by Crippen LogP contribution is 2.33. The number of amides is 1. The van der Waals surface area contributed by atoms with Gasteiger partial charge in [0.1, 0.15) is 9.88 Å². The molecule has 1 saturated heterocycles. The van der Waals surface area contributed by atoms with Gasteiger partial charge >= 0.3 is 0 Å². The van der Waals surface area contributed by atoms with Gasteiger partial charge in [0, 0.05) is 18.7 Å². The number of aryl methyl sites for hydroxylation is 1. The molecule has 1 aliphatic heterocycles. The van der Waals surface area contributed by atoms with Crippen LogP contribution < -0.4 is 0 Å². The summed E-state index contributed by atoms with van der Waals surface area (Å²) in [6.45, 7) is 4.44. The molecule has 4 nitrogen and oxygen atoms in total. The number of fused-ring (bicyclic) bond motifs is 1. The highest BCUT2D eigenvalue weighted by molar-refractivity contribution is 7.17. The minimum atomic E-state index is 0.0692. The summed E-state index contributed by atoms with van der Waals surface area (Å²) >= 11 is 1.49. The van der Waals surface area contributed by atoms with Crippen LogP contribution in [0.5, 0.6) is 0 Å². The van der Waals surface area contributed by atoms with Gasteiger partial charge < -0.3 is 9.64 Å². The number of rotatable bonds is 2. The Bertz CT molecular complexity index is 892. The smallest absolute Gasteiger partial charge is 0.266 e. The molecule has 1 amide bonds. The third kappa shape index (κ3) is 2.70. The molecule has 0 unspecified atom stereocenters. The molecule has 1 fully saturated rings. The molecule has 4 rings (SSSR count). The van der Waals surface area contributed by atoms with Crippen molar-refractivity contribution in [3.63, 3.8) is 0 Å². The predicted molar refractivity (Wildman–Crippen MR) is 96.5 cm³/mol. The lowest BCUT2D eigenvalue weighted by atomic mass is 10.1. The molecule has 0 radical (unpaired) electrons. The Kier molecular flexibility index (Phi) is 4.04. The lowest BCUT2D eigenvalue weighted by molar-refractivity contribution is 0.0305. The number of morpholine rings is 1. The highest BCUT2D eigenvalue weighted by Gasteiger charge is 2.23. The zero-order chi connectivity index (χ0) is 16.5. The Morgan fingerprint density at radius 1 is 1.12 bits per heavy atom. The van der Waals surface area contributed by atoms with Gasteiger partial charge in [0.15, 0.2) is 0 Å². The second-order valence-corrected chi connectivity index (χ2v) is 6.86. The summed E-state index contributed by atoms with van der Waals surface area (Å²) in [7, 11) is 0. The third-order valence-electron chi connectivity index (χ3n) is 4.31. The molecule has 2 heterocycles. The number of aromatic nitrogens is 1. The Morgan fingerprint density at radius 2 is 1.88 bits per heavy atom. The van der Waals surface area contributed by atoms with E-state index in [1.807, 2.05) is 30.0 Å². The molecule has 0 N–H and O–H groups in total. The third-order valence-corrected chi connectivity index (χ3v) is 5.49. The Labute approximate surface area is 144 Å². The number of hydrogen-bond acceptors (Lipinski definition) is 4. The maximum atomic E-state index is 12.8. The lowest BCUT2D eigenvalue weighted by Crippen LogP contribution is -2.40. The number of nitrogens with zero attached hydrogens (tertiary/aromatic N) is 2. The molecule has 1 aromatic heterocycles. The summed E-state index contributed by atoms with van der Waals surface area (Å²) in [4.78, 5) is 20.1. The number of carbonyl (C=O) groups is 1. The van der Waals surface area contributed by atoms with Crippen molar-refractivity contribution in [2.45, 2.75) is 6.92 Å². The van der Waals surface area contributed by atoms with Crippen molar-refractivity contribution < 1.29 is 9.53 Å². The molecule has 5 heteroatoms. The number of carbonyl (C=O) groups excluding carboxylic acids is 1. The lowest BCUT2D eigenvalue weighted by Gasteiger charge is -2.26. The Balaban J connectivity index is 1.74. The molecular weight excluding hydrogens is 320 g/mol. The van der Waals surface area contributed by atoms with E-state index in [0.29, 0.717) is 26.3 Å². The van der Waals surface area contributed by atoms with Gasteiger partial charge in [-0.1, -0.05) is 42.5 Å². The summed E-state index contributed by atoms with van der Waals surface area (Å²) in [5.41, 5.74) is 1.89. The van der Waals surface area contributed by atoms with E-state index in [2.05, 4.69) is 29.2 Å². The van der Waals surface area contributed by atoms with Crippen molar-refractivity contribution in [1.82, 2.24) is 9.88 Å². The Hall–Kier alpha value is -2.24. The van der Waals surface area contributed by atoms with E-state index < -0.39 is 0 Å². The fourth-order valence-electron chi connectivity index (χ4n) is 3.03. The first-order valence-corrected chi connectivity index (χ1v) is 8.88. The van der Waals surface area contributed by atoms with Crippen LogP contribution in [0, 0.1) is 6.92 Å². The van der Waals surface area contributed by atoms with E-state index in [1.165, 1.54) is 22.1 Å². The summed E-state index contributed by atoms with van der Waals surface area (Å²) in [6.07, 6.45) is 0. The van der Waals surface area contributed by atoms with Crippen LogP contribution in [0.25, 0.3) is 21.3 Å². The van der Waals surface area contributed by atoms with Crippen molar-refractivity contribution in [1.29, 1.82) is 0 Å². The molecule has 2 aromatic carbocycles. The van der Waals surface area contributed by atoms with Crippen LogP contribution in [0.1, 0.15) is 15.4 Å². The summed E-state index contributed by atoms with van der Waals surface area (Å²) in [5, 5.41) is 3.25. The van der Waals surface area contributed by atoms with E-state index in [0.717, 1.165) is 21.1 Å². The van der Waals surface area contributed by atoms with E-state index >= 15 is 0 Å². The SMILES string of the molecule is Cc1nc(-c2cccc3ccccc23)sc1C(=O)N1CCOCC1. The van der Waals surface area contributed by atoms with E-state index in [4.69, 9.17) is 4.74 Å². The van der Waals surface area contributed by atoms with Gasteiger partial charge in [-0.05, 0) is 17.7 Å². The minimum Gasteiger partial charge on any atom is -0.378 e. The van der Waals surface area contributed by atoms with Gasteiger partial charge in [0.25, 0.3) is 5.91 Å². The maximum Gasteiger partial charge on any atom is 0.266 e. The summed E-state index contributed by atoms with van der Waals surface area (Å²) < 4.78 is 5.33. The van der Waals surface area contributed by atoms with Gasteiger partial charge in [-0.2, -0.15) is 0 Å². The number of benzene rings is 2. The zero-order valence-corrected chi connectivity index (χ0v) is 14.3. The number of ether oxygens (including phenoxy) is 1. The topological polar surface area (TPSA) is 42.4 Å². The van der Waals surface area contributed by atoms with Crippen molar-refractivity contribution in [3.05, 3.63) is 53.0 Å². The number of hydrogen-bond donors (Lipinski definition) is 0.